The quantitative estimate of drug-likeness (QED) is 0.702. The highest BCUT2D eigenvalue weighted by atomic mass is 16.5. The normalized spacial score (nSPS) is 15.0. The van der Waals surface area contributed by atoms with Crippen molar-refractivity contribution in [1.29, 1.82) is 0 Å². The number of ether oxygens (including phenoxy) is 1. The second kappa shape index (κ2) is 3.23. The van der Waals surface area contributed by atoms with E-state index in [-0.39, 0.29) is 12.4 Å². The zero-order chi connectivity index (χ0) is 10.1. The van der Waals surface area contributed by atoms with E-state index >= 15 is 0 Å². The molecule has 1 aliphatic rings. The van der Waals surface area contributed by atoms with Gasteiger partial charge in [0.25, 0.3) is 0 Å². The number of rotatable bonds is 1. The molecule has 1 heterocycles. The van der Waals surface area contributed by atoms with E-state index in [1.54, 1.807) is 12.1 Å². The van der Waals surface area contributed by atoms with Crippen molar-refractivity contribution < 1.29 is 14.3 Å². The molecule has 1 aliphatic heterocycles. The van der Waals surface area contributed by atoms with Crippen LogP contribution >= 0.6 is 0 Å². The molecule has 4 nitrogen and oxygen atoms in total. The summed E-state index contributed by atoms with van der Waals surface area (Å²) in [6.07, 6.45) is 0. The average Bonchev–Trinajstić information content (AvgIpc) is 2.18. The van der Waals surface area contributed by atoms with E-state index in [0.717, 1.165) is 5.56 Å². The van der Waals surface area contributed by atoms with Crippen LogP contribution < -0.4 is 5.73 Å². The molecule has 0 saturated heterocycles. The Morgan fingerprint density at radius 2 is 2.14 bits per heavy atom. The van der Waals surface area contributed by atoms with Crippen LogP contribution in [0.3, 0.4) is 0 Å². The van der Waals surface area contributed by atoms with Crippen molar-refractivity contribution in [2.75, 3.05) is 6.61 Å². The lowest BCUT2D eigenvalue weighted by molar-refractivity contribution is 0.0665. The van der Waals surface area contributed by atoms with Crippen LogP contribution in [0.2, 0.25) is 0 Å². The number of hydrogen-bond donors (Lipinski definition) is 1. The van der Waals surface area contributed by atoms with Gasteiger partial charge in [0.2, 0.25) is 5.91 Å². The molecule has 0 radical (unpaired) electrons. The van der Waals surface area contributed by atoms with E-state index in [2.05, 4.69) is 0 Å². The van der Waals surface area contributed by atoms with Crippen LogP contribution in [-0.4, -0.2) is 18.3 Å². The number of fused-ring (bicyclic) bond motifs is 1. The van der Waals surface area contributed by atoms with Gasteiger partial charge < -0.3 is 10.5 Å². The third kappa shape index (κ3) is 1.40. The summed E-state index contributed by atoms with van der Waals surface area (Å²) < 4.78 is 5.04. The molecular weight excluding hydrogens is 182 g/mol. The number of hydrogen-bond acceptors (Lipinski definition) is 3. The lowest BCUT2D eigenvalue weighted by Crippen LogP contribution is -2.20. The second-order valence-corrected chi connectivity index (χ2v) is 3.15. The van der Waals surface area contributed by atoms with Gasteiger partial charge in [-0.1, -0.05) is 6.07 Å². The molecule has 14 heavy (non-hydrogen) atoms. The van der Waals surface area contributed by atoms with E-state index in [1.807, 2.05) is 0 Å². The first-order valence-corrected chi connectivity index (χ1v) is 4.22. The number of amides is 1. The van der Waals surface area contributed by atoms with Crippen LogP contribution in [0.15, 0.2) is 18.2 Å². The van der Waals surface area contributed by atoms with Crippen LogP contribution in [0.5, 0.6) is 0 Å². The van der Waals surface area contributed by atoms with Crippen molar-refractivity contribution in [2.24, 2.45) is 5.73 Å². The first-order valence-electron chi connectivity index (χ1n) is 4.22. The molecule has 1 amide bonds. The van der Waals surface area contributed by atoms with Crippen LogP contribution in [0.25, 0.3) is 0 Å². The molecule has 4 heteroatoms. The molecule has 0 aromatic heterocycles. The van der Waals surface area contributed by atoms with Crippen molar-refractivity contribution in [3.8, 4) is 0 Å². The monoisotopic (exact) mass is 191 g/mol. The number of ketones is 1. The minimum Gasteiger partial charge on any atom is -0.369 e. The van der Waals surface area contributed by atoms with Crippen molar-refractivity contribution in [3.05, 3.63) is 34.9 Å². The van der Waals surface area contributed by atoms with E-state index in [1.165, 1.54) is 6.07 Å². The highest BCUT2D eigenvalue weighted by molar-refractivity contribution is 6.02. The Bertz CT molecular complexity index is 412. The Morgan fingerprint density at radius 1 is 1.36 bits per heavy atom. The van der Waals surface area contributed by atoms with Crippen LogP contribution in [0.4, 0.5) is 0 Å². The first-order chi connectivity index (χ1) is 6.68. The summed E-state index contributed by atoms with van der Waals surface area (Å²) in [5.74, 6) is -0.624. The fraction of sp³-hybridized carbons (Fsp3) is 0.200. The second-order valence-electron chi connectivity index (χ2n) is 3.15. The summed E-state index contributed by atoms with van der Waals surface area (Å²) in [7, 11) is 0. The third-order valence-electron chi connectivity index (χ3n) is 2.19. The lowest BCUT2D eigenvalue weighted by atomic mass is 9.99. The fourth-order valence-corrected chi connectivity index (χ4v) is 1.45. The zero-order valence-corrected chi connectivity index (χ0v) is 7.45. The first kappa shape index (κ1) is 8.90. The number of Topliss-reactive ketones (excluding diaryl/α,β-unsaturated/α-hetero) is 1. The number of carbonyl (C=O) groups is 2. The smallest absolute Gasteiger partial charge is 0.248 e. The van der Waals surface area contributed by atoms with Gasteiger partial charge >= 0.3 is 0 Å². The largest absolute Gasteiger partial charge is 0.369 e. The minimum atomic E-state index is -0.521. The summed E-state index contributed by atoms with van der Waals surface area (Å²) in [6.45, 7) is 0.495. The lowest BCUT2D eigenvalue weighted by Gasteiger charge is -2.15. The van der Waals surface area contributed by atoms with E-state index in [9.17, 15) is 9.59 Å². The Morgan fingerprint density at radius 3 is 2.86 bits per heavy atom. The van der Waals surface area contributed by atoms with Crippen molar-refractivity contribution in [1.82, 2.24) is 0 Å². The van der Waals surface area contributed by atoms with Gasteiger partial charge in [-0.05, 0) is 17.7 Å². The predicted octanol–water partition coefficient (Wildman–Crippen LogP) is 0.498. The third-order valence-corrected chi connectivity index (χ3v) is 2.19. The van der Waals surface area contributed by atoms with E-state index in [0.29, 0.717) is 17.7 Å². The minimum absolute atomic E-state index is 0.0786. The van der Waals surface area contributed by atoms with Crippen molar-refractivity contribution >= 4 is 11.7 Å². The van der Waals surface area contributed by atoms with Gasteiger partial charge in [0, 0.05) is 11.1 Å². The van der Waals surface area contributed by atoms with Crippen LogP contribution in [-0.2, 0) is 11.3 Å². The summed E-state index contributed by atoms with van der Waals surface area (Å²) in [5, 5.41) is 0. The average molecular weight is 191 g/mol. The van der Waals surface area contributed by atoms with Gasteiger partial charge in [-0.3, -0.25) is 9.59 Å². The molecule has 0 atom stereocenters. The van der Waals surface area contributed by atoms with Crippen molar-refractivity contribution in [2.45, 2.75) is 6.61 Å². The Hall–Kier alpha value is -1.68. The molecule has 0 saturated carbocycles. The number of primary amides is 1. The zero-order valence-electron chi connectivity index (χ0n) is 7.45. The number of benzene rings is 1. The number of nitrogens with two attached hydrogens (primary N) is 1. The van der Waals surface area contributed by atoms with Crippen LogP contribution in [0, 0.1) is 0 Å². The Kier molecular flexibility index (Phi) is 2.05. The highest BCUT2D eigenvalue weighted by Gasteiger charge is 2.18. The molecule has 0 bridgehead atoms. The fourth-order valence-electron chi connectivity index (χ4n) is 1.45. The Labute approximate surface area is 80.7 Å². The maximum atomic E-state index is 11.4. The standard InChI is InChI=1S/C10H9NO3/c11-10(13)6-1-2-7-4-14-5-9(12)8(7)3-6/h1-3H,4-5H2,(H2,11,13). The molecule has 0 unspecified atom stereocenters. The highest BCUT2D eigenvalue weighted by Crippen LogP contribution is 2.18. The molecule has 72 valence electrons. The molecule has 2 rings (SSSR count). The predicted molar refractivity (Wildman–Crippen MR) is 48.9 cm³/mol. The molecule has 0 aliphatic carbocycles. The van der Waals surface area contributed by atoms with Gasteiger partial charge in [0.05, 0.1) is 6.61 Å². The molecule has 1 aromatic rings. The van der Waals surface area contributed by atoms with Gasteiger partial charge in [-0.15, -0.1) is 0 Å². The summed E-state index contributed by atoms with van der Waals surface area (Å²) >= 11 is 0. The van der Waals surface area contributed by atoms with Gasteiger partial charge in [0.1, 0.15) is 6.61 Å². The SMILES string of the molecule is NC(=O)c1ccc2c(c1)C(=O)COC2. The molecule has 0 spiro atoms. The number of carbonyl (C=O) groups excluding carboxylic acids is 2. The van der Waals surface area contributed by atoms with Crippen molar-refractivity contribution in [3.63, 3.8) is 0 Å². The summed E-state index contributed by atoms with van der Waals surface area (Å²) in [6, 6.07) is 4.83. The summed E-state index contributed by atoms with van der Waals surface area (Å²) in [4.78, 5) is 22.3. The van der Waals surface area contributed by atoms with Gasteiger partial charge in [-0.25, -0.2) is 0 Å². The van der Waals surface area contributed by atoms with Gasteiger partial charge in [-0.2, -0.15) is 0 Å². The summed E-state index contributed by atoms with van der Waals surface area (Å²) in [5.41, 5.74) is 6.83. The molecule has 0 fully saturated rings. The Balaban J connectivity index is 2.51. The molecule has 1 aromatic carbocycles. The maximum absolute atomic E-state index is 11.4. The van der Waals surface area contributed by atoms with Crippen LogP contribution in [0.1, 0.15) is 26.3 Å². The topological polar surface area (TPSA) is 69.4 Å². The molecular formula is C10H9NO3. The van der Waals surface area contributed by atoms with E-state index < -0.39 is 5.91 Å². The van der Waals surface area contributed by atoms with Gasteiger partial charge in [0.15, 0.2) is 5.78 Å². The molecule has 2 N–H and O–H groups in total. The maximum Gasteiger partial charge on any atom is 0.248 e. The van der Waals surface area contributed by atoms with E-state index in [4.69, 9.17) is 10.5 Å².